The third-order valence-electron chi connectivity index (χ3n) is 2.72. The van der Waals surface area contributed by atoms with Crippen LogP contribution in [0.1, 0.15) is 15.2 Å². The highest BCUT2D eigenvalue weighted by molar-refractivity contribution is 7.27. The highest BCUT2D eigenvalue weighted by atomic mass is 32.1. The lowest BCUT2D eigenvalue weighted by molar-refractivity contribution is -0.385. The standard InChI is InChI=1S/C13H14N2O3SSi/c1-20(2,3)13-14-8-11(19-13)12(16)9-6-4-5-7-10(9)15(17)18/h4-8H,1-3H3. The zero-order valence-electron chi connectivity index (χ0n) is 11.4. The van der Waals surface area contributed by atoms with Gasteiger partial charge in [0, 0.05) is 12.3 Å². The molecule has 0 fully saturated rings. The fourth-order valence-electron chi connectivity index (χ4n) is 1.68. The number of nitrogens with zero attached hydrogens (tertiary/aromatic N) is 2. The molecule has 0 aliphatic heterocycles. The van der Waals surface area contributed by atoms with E-state index in [1.54, 1.807) is 12.1 Å². The van der Waals surface area contributed by atoms with Gasteiger partial charge in [0.1, 0.15) is 13.6 Å². The lowest BCUT2D eigenvalue weighted by Gasteiger charge is -2.10. The van der Waals surface area contributed by atoms with Crippen molar-refractivity contribution in [2.75, 3.05) is 0 Å². The number of hydrogen-bond donors (Lipinski definition) is 0. The van der Waals surface area contributed by atoms with E-state index in [1.165, 1.54) is 29.7 Å². The number of aromatic nitrogens is 1. The van der Waals surface area contributed by atoms with Gasteiger partial charge in [-0.1, -0.05) is 31.8 Å². The van der Waals surface area contributed by atoms with E-state index in [2.05, 4.69) is 24.6 Å². The van der Waals surface area contributed by atoms with Crippen molar-refractivity contribution >= 4 is 35.5 Å². The molecule has 0 spiro atoms. The Balaban J connectivity index is 2.42. The zero-order chi connectivity index (χ0) is 14.9. The summed E-state index contributed by atoms with van der Waals surface area (Å²) >= 11 is 1.34. The molecule has 1 aromatic carbocycles. The van der Waals surface area contributed by atoms with Crippen molar-refractivity contribution in [2.24, 2.45) is 0 Å². The summed E-state index contributed by atoms with van der Waals surface area (Å²) in [4.78, 5) is 27.6. The van der Waals surface area contributed by atoms with E-state index >= 15 is 0 Å². The molecule has 104 valence electrons. The SMILES string of the molecule is C[Si](C)(C)c1ncc(C(=O)c2ccccc2[N+](=O)[O-])s1. The van der Waals surface area contributed by atoms with E-state index in [0.717, 1.165) is 4.63 Å². The second-order valence-corrected chi connectivity index (χ2v) is 11.7. The summed E-state index contributed by atoms with van der Waals surface area (Å²) in [6.07, 6.45) is 1.53. The van der Waals surface area contributed by atoms with Crippen LogP contribution in [0.15, 0.2) is 30.5 Å². The first-order valence-corrected chi connectivity index (χ1v) is 10.4. The minimum Gasteiger partial charge on any atom is -0.287 e. The van der Waals surface area contributed by atoms with Crippen molar-refractivity contribution in [3.05, 3.63) is 51.0 Å². The molecule has 0 aliphatic carbocycles. The minimum atomic E-state index is -1.57. The molecule has 2 aromatic rings. The van der Waals surface area contributed by atoms with Gasteiger partial charge < -0.3 is 0 Å². The van der Waals surface area contributed by atoms with E-state index < -0.39 is 13.0 Å². The van der Waals surface area contributed by atoms with Crippen LogP contribution in [0.2, 0.25) is 19.6 Å². The number of hydrogen-bond acceptors (Lipinski definition) is 5. The van der Waals surface area contributed by atoms with Gasteiger partial charge in [-0.15, -0.1) is 11.3 Å². The van der Waals surface area contributed by atoms with Crippen LogP contribution >= 0.6 is 11.3 Å². The summed E-state index contributed by atoms with van der Waals surface area (Å²) in [6.45, 7) is 6.43. The summed E-state index contributed by atoms with van der Waals surface area (Å²) in [5.74, 6) is -0.334. The summed E-state index contributed by atoms with van der Waals surface area (Å²) in [7, 11) is -1.57. The molecule has 1 heterocycles. The van der Waals surface area contributed by atoms with Crippen LogP contribution in [-0.2, 0) is 0 Å². The molecule has 0 N–H and O–H groups in total. The molecule has 1 aromatic heterocycles. The Bertz CT molecular complexity index is 676. The maximum Gasteiger partial charge on any atom is 0.280 e. The molecule has 0 bridgehead atoms. The largest absolute Gasteiger partial charge is 0.287 e. The van der Waals surface area contributed by atoms with Crippen LogP contribution in [0.3, 0.4) is 0 Å². The first-order valence-electron chi connectivity index (χ1n) is 6.05. The second kappa shape index (κ2) is 5.26. The Labute approximate surface area is 121 Å². The minimum absolute atomic E-state index is 0.114. The Morgan fingerprint density at radius 2 is 1.95 bits per heavy atom. The maximum absolute atomic E-state index is 12.4. The number of ketones is 1. The summed E-state index contributed by atoms with van der Waals surface area (Å²) < 4.78 is 0.972. The quantitative estimate of drug-likeness (QED) is 0.377. The van der Waals surface area contributed by atoms with Crippen LogP contribution in [-0.4, -0.2) is 23.8 Å². The van der Waals surface area contributed by atoms with Crippen molar-refractivity contribution in [2.45, 2.75) is 19.6 Å². The molecule has 0 saturated heterocycles. The molecule has 2 rings (SSSR count). The monoisotopic (exact) mass is 306 g/mol. The number of nitro groups is 1. The van der Waals surface area contributed by atoms with Crippen molar-refractivity contribution in [3.63, 3.8) is 0 Å². The first-order chi connectivity index (χ1) is 9.30. The van der Waals surface area contributed by atoms with Crippen molar-refractivity contribution in [1.82, 2.24) is 4.98 Å². The average molecular weight is 306 g/mol. The van der Waals surface area contributed by atoms with E-state index in [-0.39, 0.29) is 17.0 Å². The molecule has 7 heteroatoms. The van der Waals surface area contributed by atoms with Gasteiger partial charge in [0.05, 0.1) is 14.4 Å². The number of carbonyl (C=O) groups is 1. The Morgan fingerprint density at radius 1 is 1.30 bits per heavy atom. The average Bonchev–Trinajstić information content (AvgIpc) is 2.87. The normalized spacial score (nSPS) is 11.3. The second-order valence-electron chi connectivity index (χ2n) is 5.38. The first kappa shape index (κ1) is 14.5. The van der Waals surface area contributed by atoms with Crippen molar-refractivity contribution in [1.29, 1.82) is 0 Å². The van der Waals surface area contributed by atoms with Gasteiger partial charge in [0.15, 0.2) is 0 Å². The van der Waals surface area contributed by atoms with Gasteiger partial charge >= 0.3 is 0 Å². The van der Waals surface area contributed by atoms with Gasteiger partial charge in [-0.25, -0.2) is 0 Å². The number of para-hydroxylation sites is 1. The Hall–Kier alpha value is -1.86. The van der Waals surface area contributed by atoms with Gasteiger partial charge in [0.25, 0.3) is 5.69 Å². The maximum atomic E-state index is 12.4. The molecule has 20 heavy (non-hydrogen) atoms. The highest BCUT2D eigenvalue weighted by Crippen LogP contribution is 2.23. The molecule has 5 nitrogen and oxygen atoms in total. The molecule has 0 unspecified atom stereocenters. The van der Waals surface area contributed by atoms with Crippen LogP contribution in [0.25, 0.3) is 0 Å². The van der Waals surface area contributed by atoms with Gasteiger partial charge in [-0.05, 0) is 6.07 Å². The van der Waals surface area contributed by atoms with E-state index in [9.17, 15) is 14.9 Å². The fourth-order valence-corrected chi connectivity index (χ4v) is 4.31. The van der Waals surface area contributed by atoms with Crippen LogP contribution in [0.5, 0.6) is 0 Å². The third kappa shape index (κ3) is 2.83. The molecule has 0 aliphatic rings. The topological polar surface area (TPSA) is 73.1 Å². The Kier molecular flexibility index (Phi) is 3.82. The number of nitro benzene ring substituents is 1. The smallest absolute Gasteiger partial charge is 0.280 e. The number of rotatable bonds is 4. The lowest BCUT2D eigenvalue weighted by atomic mass is 10.1. The molecule has 0 atom stereocenters. The predicted octanol–water partition coefficient (Wildman–Crippen LogP) is 2.83. The van der Waals surface area contributed by atoms with E-state index in [1.807, 2.05) is 0 Å². The molecule has 0 radical (unpaired) electrons. The summed E-state index contributed by atoms with van der Waals surface area (Å²) in [5, 5.41) is 11.0. The predicted molar refractivity (Wildman–Crippen MR) is 81.6 cm³/mol. The van der Waals surface area contributed by atoms with E-state index in [4.69, 9.17) is 0 Å². The Morgan fingerprint density at radius 3 is 2.50 bits per heavy atom. The molecule has 0 saturated carbocycles. The fraction of sp³-hybridized carbons (Fsp3) is 0.231. The molecular formula is C13H14N2O3SSi. The van der Waals surface area contributed by atoms with Crippen molar-refractivity contribution in [3.8, 4) is 0 Å². The van der Waals surface area contributed by atoms with Gasteiger partial charge in [0.2, 0.25) is 5.78 Å². The van der Waals surface area contributed by atoms with Crippen LogP contribution in [0, 0.1) is 10.1 Å². The van der Waals surface area contributed by atoms with Crippen molar-refractivity contribution < 1.29 is 9.72 Å². The van der Waals surface area contributed by atoms with Gasteiger partial charge in [-0.3, -0.25) is 19.9 Å². The number of benzene rings is 1. The van der Waals surface area contributed by atoms with Gasteiger partial charge in [-0.2, -0.15) is 0 Å². The summed E-state index contributed by atoms with van der Waals surface area (Å²) in [6, 6.07) is 6.00. The number of carbonyl (C=O) groups excluding carboxylic acids is 1. The third-order valence-corrected chi connectivity index (χ3v) is 7.08. The molecule has 0 amide bonds. The molecular weight excluding hydrogens is 292 g/mol. The van der Waals surface area contributed by atoms with E-state index in [0.29, 0.717) is 4.88 Å². The highest BCUT2D eigenvalue weighted by Gasteiger charge is 2.25. The zero-order valence-corrected chi connectivity index (χ0v) is 13.2. The van der Waals surface area contributed by atoms with Crippen LogP contribution < -0.4 is 4.63 Å². The number of thiazole rings is 1. The van der Waals surface area contributed by atoms with Crippen LogP contribution in [0.4, 0.5) is 5.69 Å². The lowest BCUT2D eigenvalue weighted by Crippen LogP contribution is -2.36. The summed E-state index contributed by atoms with van der Waals surface area (Å²) in [5.41, 5.74) is -0.0521.